The molecule has 0 aliphatic carbocycles. The maximum atomic E-state index is 5.94. The summed E-state index contributed by atoms with van der Waals surface area (Å²) in [5.41, 5.74) is 1.78. The molecule has 24 heavy (non-hydrogen) atoms. The van der Waals surface area contributed by atoms with Crippen LogP contribution >= 0.6 is 0 Å². The zero-order valence-corrected chi connectivity index (χ0v) is 13.4. The highest BCUT2D eigenvalue weighted by Gasteiger charge is 2.13. The van der Waals surface area contributed by atoms with Crippen molar-refractivity contribution in [3.8, 4) is 23.2 Å². The summed E-state index contributed by atoms with van der Waals surface area (Å²) in [6.07, 6.45) is 2.47. The van der Waals surface area contributed by atoms with Crippen LogP contribution in [0.4, 0.5) is 0 Å². The fraction of sp³-hybridized carbons (Fsp3) is 0.167. The SMILES string of the molecule is C=CCc1cc(OCC)ccc1Oc1nnnn1-c1ccccc1. The van der Waals surface area contributed by atoms with Crippen LogP contribution in [0.1, 0.15) is 12.5 Å². The largest absolute Gasteiger partial charge is 0.494 e. The Morgan fingerprint density at radius 3 is 2.75 bits per heavy atom. The Morgan fingerprint density at radius 1 is 1.17 bits per heavy atom. The smallest absolute Gasteiger partial charge is 0.345 e. The first-order valence-corrected chi connectivity index (χ1v) is 7.70. The molecule has 0 aliphatic rings. The molecule has 0 saturated carbocycles. The number of hydrogen-bond donors (Lipinski definition) is 0. The minimum absolute atomic E-state index is 0.302. The van der Waals surface area contributed by atoms with Gasteiger partial charge in [0, 0.05) is 5.56 Å². The van der Waals surface area contributed by atoms with E-state index in [2.05, 4.69) is 22.1 Å². The third-order valence-electron chi connectivity index (χ3n) is 3.35. The van der Waals surface area contributed by atoms with Crippen molar-refractivity contribution in [3.05, 3.63) is 66.7 Å². The Bertz CT molecular complexity index is 815. The number of hydrogen-bond acceptors (Lipinski definition) is 5. The van der Waals surface area contributed by atoms with Crippen LogP contribution in [0.25, 0.3) is 5.69 Å². The third kappa shape index (κ3) is 3.43. The molecule has 6 heteroatoms. The van der Waals surface area contributed by atoms with Gasteiger partial charge < -0.3 is 9.47 Å². The molecule has 0 aliphatic heterocycles. The second kappa shape index (κ2) is 7.41. The van der Waals surface area contributed by atoms with Gasteiger partial charge in [-0.2, -0.15) is 4.68 Å². The molecule has 1 heterocycles. The molecule has 0 N–H and O–H groups in total. The molecule has 0 atom stereocenters. The maximum Gasteiger partial charge on any atom is 0.345 e. The van der Waals surface area contributed by atoms with E-state index >= 15 is 0 Å². The van der Waals surface area contributed by atoms with Gasteiger partial charge in [-0.3, -0.25) is 0 Å². The van der Waals surface area contributed by atoms with Gasteiger partial charge in [0.05, 0.1) is 12.3 Å². The van der Waals surface area contributed by atoms with Crippen molar-refractivity contribution < 1.29 is 9.47 Å². The average Bonchev–Trinajstić information content (AvgIpc) is 3.07. The van der Waals surface area contributed by atoms with Crippen LogP contribution in [0.3, 0.4) is 0 Å². The lowest BCUT2D eigenvalue weighted by Gasteiger charge is -2.11. The number of aromatic nitrogens is 4. The van der Waals surface area contributed by atoms with Crippen molar-refractivity contribution in [1.29, 1.82) is 0 Å². The van der Waals surface area contributed by atoms with Crippen molar-refractivity contribution in [3.63, 3.8) is 0 Å². The van der Waals surface area contributed by atoms with Gasteiger partial charge in [0.2, 0.25) is 0 Å². The van der Waals surface area contributed by atoms with Crippen molar-refractivity contribution in [2.24, 2.45) is 0 Å². The zero-order valence-electron chi connectivity index (χ0n) is 13.4. The number of rotatable bonds is 7. The van der Waals surface area contributed by atoms with Crippen LogP contribution in [0.15, 0.2) is 61.2 Å². The zero-order chi connectivity index (χ0) is 16.8. The fourth-order valence-corrected chi connectivity index (χ4v) is 2.30. The quantitative estimate of drug-likeness (QED) is 0.622. The van der Waals surface area contributed by atoms with E-state index in [1.165, 1.54) is 0 Å². The van der Waals surface area contributed by atoms with E-state index in [-0.39, 0.29) is 0 Å². The minimum Gasteiger partial charge on any atom is -0.494 e. The van der Waals surface area contributed by atoms with E-state index in [0.29, 0.717) is 24.8 Å². The summed E-state index contributed by atoms with van der Waals surface area (Å²) in [6.45, 7) is 6.35. The Labute approximate surface area is 140 Å². The summed E-state index contributed by atoms with van der Waals surface area (Å²) in [7, 11) is 0. The standard InChI is InChI=1S/C18H18N4O2/c1-3-8-14-13-16(23-4-2)11-12-17(14)24-18-19-20-21-22(18)15-9-6-5-7-10-15/h3,5-7,9-13H,1,4,8H2,2H3. The number of tetrazole rings is 1. The topological polar surface area (TPSA) is 62.1 Å². The summed E-state index contributed by atoms with van der Waals surface area (Å²) >= 11 is 0. The van der Waals surface area contributed by atoms with E-state index in [4.69, 9.17) is 9.47 Å². The average molecular weight is 322 g/mol. The van der Waals surface area contributed by atoms with Crippen LogP contribution in [0, 0.1) is 0 Å². The summed E-state index contributed by atoms with van der Waals surface area (Å²) in [5, 5.41) is 11.7. The number of allylic oxidation sites excluding steroid dienone is 1. The molecule has 2 aromatic carbocycles. The van der Waals surface area contributed by atoms with Crippen LogP contribution in [-0.2, 0) is 6.42 Å². The summed E-state index contributed by atoms with van der Waals surface area (Å²) in [6, 6.07) is 15.5. The van der Waals surface area contributed by atoms with E-state index in [9.17, 15) is 0 Å². The molecule has 0 spiro atoms. The van der Waals surface area contributed by atoms with Gasteiger partial charge >= 0.3 is 6.01 Å². The highest BCUT2D eigenvalue weighted by Crippen LogP contribution is 2.29. The monoisotopic (exact) mass is 322 g/mol. The second-order valence-electron chi connectivity index (χ2n) is 5.01. The van der Waals surface area contributed by atoms with E-state index in [1.807, 2.05) is 61.5 Å². The van der Waals surface area contributed by atoms with Gasteiger partial charge in [-0.15, -0.1) is 6.58 Å². The highest BCUT2D eigenvalue weighted by atomic mass is 16.5. The first-order chi connectivity index (χ1) is 11.8. The van der Waals surface area contributed by atoms with E-state index in [1.54, 1.807) is 4.68 Å². The van der Waals surface area contributed by atoms with Crippen molar-refractivity contribution >= 4 is 0 Å². The predicted molar refractivity (Wildman–Crippen MR) is 90.7 cm³/mol. The predicted octanol–water partition coefficient (Wildman–Crippen LogP) is 3.58. The van der Waals surface area contributed by atoms with Crippen LogP contribution in [-0.4, -0.2) is 26.8 Å². The Balaban J connectivity index is 1.92. The Hall–Kier alpha value is -3.15. The molecule has 3 rings (SSSR count). The van der Waals surface area contributed by atoms with Gasteiger partial charge in [0.15, 0.2) is 0 Å². The van der Waals surface area contributed by atoms with Gasteiger partial charge in [0.25, 0.3) is 0 Å². The van der Waals surface area contributed by atoms with Crippen molar-refractivity contribution in [1.82, 2.24) is 20.2 Å². The molecule has 0 bridgehead atoms. The van der Waals surface area contributed by atoms with Crippen molar-refractivity contribution in [2.75, 3.05) is 6.61 Å². The fourth-order valence-electron chi connectivity index (χ4n) is 2.30. The van der Waals surface area contributed by atoms with E-state index in [0.717, 1.165) is 17.0 Å². The molecule has 122 valence electrons. The number of nitrogens with zero attached hydrogens (tertiary/aromatic N) is 4. The number of para-hydroxylation sites is 1. The third-order valence-corrected chi connectivity index (χ3v) is 3.35. The van der Waals surface area contributed by atoms with Gasteiger partial charge in [-0.05, 0) is 54.1 Å². The summed E-state index contributed by atoms with van der Waals surface area (Å²) in [4.78, 5) is 0. The van der Waals surface area contributed by atoms with Gasteiger partial charge in [-0.1, -0.05) is 29.4 Å². The summed E-state index contributed by atoms with van der Waals surface area (Å²) < 4.78 is 13.0. The molecule has 0 saturated heterocycles. The second-order valence-corrected chi connectivity index (χ2v) is 5.01. The molecule has 0 amide bonds. The van der Waals surface area contributed by atoms with Crippen LogP contribution < -0.4 is 9.47 Å². The molecular weight excluding hydrogens is 304 g/mol. The Morgan fingerprint density at radius 2 is 2.00 bits per heavy atom. The molecule has 3 aromatic rings. The van der Waals surface area contributed by atoms with Crippen LogP contribution in [0.5, 0.6) is 17.5 Å². The molecule has 1 aromatic heterocycles. The normalized spacial score (nSPS) is 10.4. The highest BCUT2D eigenvalue weighted by molar-refractivity contribution is 5.43. The molecule has 0 fully saturated rings. The molecule has 0 unspecified atom stereocenters. The minimum atomic E-state index is 0.302. The van der Waals surface area contributed by atoms with Crippen molar-refractivity contribution in [2.45, 2.75) is 13.3 Å². The summed E-state index contributed by atoms with van der Waals surface area (Å²) in [5.74, 6) is 1.47. The van der Waals surface area contributed by atoms with E-state index < -0.39 is 0 Å². The van der Waals surface area contributed by atoms with Gasteiger partial charge in [-0.25, -0.2) is 0 Å². The lowest BCUT2D eigenvalue weighted by atomic mass is 10.1. The lowest BCUT2D eigenvalue weighted by molar-refractivity contribution is 0.338. The maximum absolute atomic E-state index is 5.94. The lowest BCUT2D eigenvalue weighted by Crippen LogP contribution is -2.01. The Kier molecular flexibility index (Phi) is 4.86. The van der Waals surface area contributed by atoms with Gasteiger partial charge in [0.1, 0.15) is 11.5 Å². The first-order valence-electron chi connectivity index (χ1n) is 7.70. The molecular formula is C18H18N4O2. The number of ether oxygens (including phenoxy) is 2. The number of benzene rings is 2. The molecule has 6 nitrogen and oxygen atoms in total. The van der Waals surface area contributed by atoms with Crippen LogP contribution in [0.2, 0.25) is 0 Å². The first kappa shape index (κ1) is 15.7. The molecule has 0 radical (unpaired) electrons.